The van der Waals surface area contributed by atoms with Crippen molar-refractivity contribution in [3.63, 3.8) is 0 Å². The van der Waals surface area contributed by atoms with Gasteiger partial charge in [0.15, 0.2) is 0 Å². The first-order chi connectivity index (χ1) is 10.2. The molecular formula is C18H20BrNO. The number of methoxy groups -OCH3 is 1. The van der Waals surface area contributed by atoms with Gasteiger partial charge in [-0.25, -0.2) is 0 Å². The molecule has 110 valence electrons. The molecule has 2 nitrogen and oxygen atoms in total. The van der Waals surface area contributed by atoms with Gasteiger partial charge in [-0.05, 0) is 64.0 Å². The van der Waals surface area contributed by atoms with Crippen molar-refractivity contribution < 1.29 is 4.74 Å². The molecule has 0 saturated carbocycles. The highest BCUT2D eigenvalue weighted by Crippen LogP contribution is 2.40. The minimum absolute atomic E-state index is 0.0219. The van der Waals surface area contributed by atoms with E-state index in [2.05, 4.69) is 52.3 Å². The zero-order chi connectivity index (χ0) is 14.8. The van der Waals surface area contributed by atoms with Crippen molar-refractivity contribution in [1.82, 2.24) is 0 Å². The topological polar surface area (TPSA) is 35.2 Å². The Labute approximate surface area is 134 Å². The second-order valence-electron chi connectivity index (χ2n) is 5.62. The van der Waals surface area contributed by atoms with E-state index < -0.39 is 0 Å². The molecule has 2 aromatic carbocycles. The first-order valence-corrected chi connectivity index (χ1v) is 8.17. The first-order valence-electron chi connectivity index (χ1n) is 7.37. The lowest BCUT2D eigenvalue weighted by molar-refractivity contribution is 0.411. The molecule has 3 rings (SSSR count). The molecule has 0 amide bonds. The van der Waals surface area contributed by atoms with Gasteiger partial charge in [0.2, 0.25) is 0 Å². The van der Waals surface area contributed by atoms with Gasteiger partial charge in [-0.3, -0.25) is 0 Å². The number of halogens is 1. The van der Waals surface area contributed by atoms with Gasteiger partial charge in [-0.15, -0.1) is 0 Å². The van der Waals surface area contributed by atoms with E-state index in [4.69, 9.17) is 10.5 Å². The molecule has 21 heavy (non-hydrogen) atoms. The van der Waals surface area contributed by atoms with Crippen LogP contribution in [0.15, 0.2) is 46.9 Å². The van der Waals surface area contributed by atoms with Crippen LogP contribution in [0.4, 0.5) is 0 Å². The SMILES string of the molecule is COc1ccc(C(N)C2CCCc3ccccc32)cc1Br. The lowest BCUT2D eigenvalue weighted by Gasteiger charge is -2.30. The average Bonchev–Trinajstić information content (AvgIpc) is 2.53. The molecule has 1 aliphatic carbocycles. The third kappa shape index (κ3) is 2.85. The number of aryl methyl sites for hydroxylation is 1. The number of hydrogen-bond donors (Lipinski definition) is 1. The maximum atomic E-state index is 6.58. The quantitative estimate of drug-likeness (QED) is 0.883. The Kier molecular flexibility index (Phi) is 4.32. The molecule has 0 radical (unpaired) electrons. The molecule has 0 bridgehead atoms. The van der Waals surface area contributed by atoms with E-state index in [1.54, 1.807) is 7.11 Å². The lowest BCUT2D eigenvalue weighted by Crippen LogP contribution is -2.23. The highest BCUT2D eigenvalue weighted by Gasteiger charge is 2.26. The van der Waals surface area contributed by atoms with Crippen molar-refractivity contribution in [2.24, 2.45) is 5.73 Å². The Hall–Kier alpha value is -1.32. The molecule has 3 heteroatoms. The Morgan fingerprint density at radius 1 is 1.24 bits per heavy atom. The number of rotatable bonds is 3. The van der Waals surface area contributed by atoms with E-state index in [0.29, 0.717) is 5.92 Å². The first kappa shape index (κ1) is 14.6. The molecule has 2 aromatic rings. The molecule has 1 aliphatic rings. The van der Waals surface area contributed by atoms with Gasteiger partial charge in [-0.2, -0.15) is 0 Å². The Morgan fingerprint density at radius 2 is 2.05 bits per heavy atom. The van der Waals surface area contributed by atoms with Crippen LogP contribution in [0, 0.1) is 0 Å². The predicted octanol–water partition coefficient (Wildman–Crippen LogP) is 4.58. The molecule has 0 aliphatic heterocycles. The van der Waals surface area contributed by atoms with Gasteiger partial charge in [0.05, 0.1) is 11.6 Å². The number of benzene rings is 2. The van der Waals surface area contributed by atoms with Crippen molar-refractivity contribution >= 4 is 15.9 Å². The van der Waals surface area contributed by atoms with Crippen LogP contribution in [0.2, 0.25) is 0 Å². The van der Waals surface area contributed by atoms with Crippen LogP contribution in [-0.4, -0.2) is 7.11 Å². The summed E-state index contributed by atoms with van der Waals surface area (Å²) in [4.78, 5) is 0. The molecule has 0 saturated heterocycles. The highest BCUT2D eigenvalue weighted by atomic mass is 79.9. The summed E-state index contributed by atoms with van der Waals surface area (Å²) in [6, 6.07) is 14.9. The summed E-state index contributed by atoms with van der Waals surface area (Å²) in [5.74, 6) is 1.24. The molecular weight excluding hydrogens is 326 g/mol. The Balaban J connectivity index is 1.92. The number of fused-ring (bicyclic) bond motifs is 1. The minimum atomic E-state index is 0.0219. The van der Waals surface area contributed by atoms with Gasteiger partial charge < -0.3 is 10.5 Å². The maximum absolute atomic E-state index is 6.58. The van der Waals surface area contributed by atoms with Crippen LogP contribution in [0.3, 0.4) is 0 Å². The summed E-state index contributed by atoms with van der Waals surface area (Å²) >= 11 is 3.55. The molecule has 0 fully saturated rings. The van der Waals surface area contributed by atoms with E-state index in [0.717, 1.165) is 22.2 Å². The third-order valence-corrected chi connectivity index (χ3v) is 5.03. The summed E-state index contributed by atoms with van der Waals surface area (Å²) < 4.78 is 6.25. The fourth-order valence-electron chi connectivity index (χ4n) is 3.29. The summed E-state index contributed by atoms with van der Waals surface area (Å²) in [6.45, 7) is 0. The molecule has 2 unspecified atom stereocenters. The standard InChI is InChI=1S/C18H20BrNO/c1-21-17-10-9-13(11-16(17)19)18(20)15-8-4-6-12-5-2-3-7-14(12)15/h2-3,5,7,9-11,15,18H,4,6,8,20H2,1H3. The number of ether oxygens (including phenoxy) is 1. The number of hydrogen-bond acceptors (Lipinski definition) is 2. The fourth-order valence-corrected chi connectivity index (χ4v) is 3.85. The smallest absolute Gasteiger partial charge is 0.133 e. The van der Waals surface area contributed by atoms with Crippen molar-refractivity contribution in [3.05, 3.63) is 63.6 Å². The van der Waals surface area contributed by atoms with Gasteiger partial charge in [0.1, 0.15) is 5.75 Å². The van der Waals surface area contributed by atoms with Gasteiger partial charge >= 0.3 is 0 Å². The summed E-state index contributed by atoms with van der Waals surface area (Å²) in [7, 11) is 1.68. The van der Waals surface area contributed by atoms with Crippen LogP contribution < -0.4 is 10.5 Å². The second-order valence-corrected chi connectivity index (χ2v) is 6.47. The van der Waals surface area contributed by atoms with Gasteiger partial charge in [0, 0.05) is 12.0 Å². The highest BCUT2D eigenvalue weighted by molar-refractivity contribution is 9.10. The van der Waals surface area contributed by atoms with Crippen LogP contribution in [-0.2, 0) is 6.42 Å². The monoisotopic (exact) mass is 345 g/mol. The average molecular weight is 346 g/mol. The van der Waals surface area contributed by atoms with Crippen LogP contribution >= 0.6 is 15.9 Å². The summed E-state index contributed by atoms with van der Waals surface area (Å²) in [6.07, 6.45) is 3.54. The van der Waals surface area contributed by atoms with Gasteiger partial charge in [-0.1, -0.05) is 30.3 Å². The van der Waals surface area contributed by atoms with E-state index >= 15 is 0 Å². The van der Waals surface area contributed by atoms with Crippen LogP contribution in [0.25, 0.3) is 0 Å². The lowest BCUT2D eigenvalue weighted by atomic mass is 9.77. The Morgan fingerprint density at radius 3 is 2.81 bits per heavy atom. The predicted molar refractivity (Wildman–Crippen MR) is 89.7 cm³/mol. The largest absolute Gasteiger partial charge is 0.496 e. The zero-order valence-electron chi connectivity index (χ0n) is 12.2. The number of nitrogens with two attached hydrogens (primary N) is 1. The van der Waals surface area contributed by atoms with Crippen LogP contribution in [0.5, 0.6) is 5.75 Å². The molecule has 0 spiro atoms. The summed E-state index contributed by atoms with van der Waals surface area (Å²) in [5, 5.41) is 0. The van der Waals surface area contributed by atoms with Crippen LogP contribution in [0.1, 0.15) is 41.5 Å². The fraction of sp³-hybridized carbons (Fsp3) is 0.333. The normalized spacial score (nSPS) is 18.9. The third-order valence-electron chi connectivity index (χ3n) is 4.41. The van der Waals surface area contributed by atoms with E-state index in [9.17, 15) is 0 Å². The maximum Gasteiger partial charge on any atom is 0.133 e. The van der Waals surface area contributed by atoms with Crippen molar-refractivity contribution in [3.8, 4) is 5.75 Å². The van der Waals surface area contributed by atoms with Crippen molar-refractivity contribution in [2.45, 2.75) is 31.2 Å². The molecule has 0 aromatic heterocycles. The summed E-state index contributed by atoms with van der Waals surface area (Å²) in [5.41, 5.74) is 10.6. The molecule has 2 atom stereocenters. The Bertz CT molecular complexity index is 641. The van der Waals surface area contributed by atoms with Crippen molar-refractivity contribution in [2.75, 3.05) is 7.11 Å². The van der Waals surface area contributed by atoms with Gasteiger partial charge in [0.25, 0.3) is 0 Å². The minimum Gasteiger partial charge on any atom is -0.496 e. The zero-order valence-corrected chi connectivity index (χ0v) is 13.8. The molecule has 2 N–H and O–H groups in total. The molecule has 0 heterocycles. The van der Waals surface area contributed by atoms with E-state index in [-0.39, 0.29) is 6.04 Å². The second kappa shape index (κ2) is 6.20. The van der Waals surface area contributed by atoms with Crippen molar-refractivity contribution in [1.29, 1.82) is 0 Å². The van der Waals surface area contributed by atoms with E-state index in [1.807, 2.05) is 6.07 Å². The van der Waals surface area contributed by atoms with E-state index in [1.165, 1.54) is 24.0 Å².